The third kappa shape index (κ3) is 2.20. The third-order valence-electron chi connectivity index (χ3n) is 5.45. The van der Waals surface area contributed by atoms with Gasteiger partial charge in [0, 0.05) is 18.2 Å². The Balaban J connectivity index is 1.46. The Hall–Kier alpha value is -1.29. The number of hydrogen-bond acceptors (Lipinski definition) is 3. The van der Waals surface area contributed by atoms with Gasteiger partial charge < -0.3 is 10.6 Å². The highest BCUT2D eigenvalue weighted by Crippen LogP contribution is 2.65. The molecule has 3 fully saturated rings. The van der Waals surface area contributed by atoms with Crippen molar-refractivity contribution in [2.75, 3.05) is 11.9 Å². The number of anilines is 1. The summed E-state index contributed by atoms with van der Waals surface area (Å²) in [4.78, 5) is 16.6. The number of carbonyl (C=O) groups excluding carboxylic acids is 1. The third-order valence-corrected chi connectivity index (χ3v) is 5.64. The van der Waals surface area contributed by atoms with Gasteiger partial charge in [-0.2, -0.15) is 0 Å². The Bertz CT molecular complexity index is 575. The van der Waals surface area contributed by atoms with E-state index in [0.29, 0.717) is 22.6 Å². The molecule has 3 aliphatic rings. The highest BCUT2D eigenvalue weighted by molar-refractivity contribution is 6.29. The topological polar surface area (TPSA) is 54.0 Å². The number of fused-ring (bicyclic) bond motifs is 5. The second-order valence-corrected chi connectivity index (χ2v) is 6.97. The van der Waals surface area contributed by atoms with E-state index in [2.05, 4.69) is 15.6 Å². The summed E-state index contributed by atoms with van der Waals surface area (Å²) in [6, 6.07) is 3.82. The minimum Gasteiger partial charge on any atom is -0.370 e. The van der Waals surface area contributed by atoms with Crippen LogP contribution in [0.3, 0.4) is 0 Å². The van der Waals surface area contributed by atoms with Gasteiger partial charge in [-0.3, -0.25) is 4.79 Å². The van der Waals surface area contributed by atoms with Crippen LogP contribution in [0.15, 0.2) is 12.1 Å². The van der Waals surface area contributed by atoms with Gasteiger partial charge in [0.1, 0.15) is 11.0 Å². The standard InChI is InChI=1S/C16H20ClN3O/c1-2-18-12-7-10(6-11(17)19-12)16(21)20-15-13-8-3-4-9(5-8)14(13)15/h6-9,13-15H,2-5H2,1H3,(H,18,19)(H,20,21). The molecule has 1 amide bonds. The molecule has 1 heterocycles. The summed E-state index contributed by atoms with van der Waals surface area (Å²) in [5.41, 5.74) is 0.600. The molecule has 0 saturated heterocycles. The summed E-state index contributed by atoms with van der Waals surface area (Å²) in [6.07, 6.45) is 4.13. The normalized spacial score (nSPS) is 35.4. The lowest BCUT2D eigenvalue weighted by Crippen LogP contribution is -2.30. The highest BCUT2D eigenvalue weighted by atomic mass is 35.5. The van der Waals surface area contributed by atoms with Crippen molar-refractivity contribution in [3.8, 4) is 0 Å². The van der Waals surface area contributed by atoms with Crippen LogP contribution in [0.4, 0.5) is 5.82 Å². The molecule has 4 unspecified atom stereocenters. The first kappa shape index (κ1) is 13.4. The fourth-order valence-electron chi connectivity index (χ4n) is 4.65. The van der Waals surface area contributed by atoms with Crippen molar-refractivity contribution in [3.05, 3.63) is 22.8 Å². The second-order valence-electron chi connectivity index (χ2n) is 6.58. The molecule has 0 radical (unpaired) electrons. The molecule has 4 atom stereocenters. The summed E-state index contributed by atoms with van der Waals surface area (Å²) in [5.74, 6) is 3.87. The summed E-state index contributed by atoms with van der Waals surface area (Å²) < 4.78 is 0. The lowest BCUT2D eigenvalue weighted by atomic mass is 10.0. The smallest absolute Gasteiger partial charge is 0.251 e. The van der Waals surface area contributed by atoms with Gasteiger partial charge >= 0.3 is 0 Å². The van der Waals surface area contributed by atoms with E-state index < -0.39 is 0 Å². The largest absolute Gasteiger partial charge is 0.370 e. The van der Waals surface area contributed by atoms with Crippen LogP contribution in [0.2, 0.25) is 5.15 Å². The molecule has 1 aromatic heterocycles. The van der Waals surface area contributed by atoms with Crippen LogP contribution < -0.4 is 10.6 Å². The van der Waals surface area contributed by atoms with Gasteiger partial charge in [0.2, 0.25) is 0 Å². The molecule has 0 aromatic carbocycles. The first-order valence-electron chi connectivity index (χ1n) is 7.89. The number of aromatic nitrogens is 1. The Labute approximate surface area is 129 Å². The molecule has 1 aromatic rings. The molecule has 5 heteroatoms. The average Bonchev–Trinajstić information content (AvgIpc) is 2.83. The van der Waals surface area contributed by atoms with Gasteiger partial charge in [-0.1, -0.05) is 11.6 Å². The number of pyridine rings is 1. The van der Waals surface area contributed by atoms with E-state index >= 15 is 0 Å². The number of carbonyl (C=O) groups is 1. The van der Waals surface area contributed by atoms with Crippen molar-refractivity contribution < 1.29 is 4.79 Å². The minimum absolute atomic E-state index is 0.0164. The molecule has 4 nitrogen and oxygen atoms in total. The summed E-state index contributed by atoms with van der Waals surface area (Å²) in [5, 5.41) is 6.67. The maximum absolute atomic E-state index is 12.4. The van der Waals surface area contributed by atoms with E-state index in [4.69, 9.17) is 11.6 Å². The first-order chi connectivity index (χ1) is 10.2. The van der Waals surface area contributed by atoms with Gasteiger partial charge in [0.05, 0.1) is 0 Å². The number of halogens is 1. The zero-order chi connectivity index (χ0) is 14.6. The van der Waals surface area contributed by atoms with Crippen LogP contribution >= 0.6 is 11.6 Å². The molecular weight excluding hydrogens is 286 g/mol. The van der Waals surface area contributed by atoms with Gasteiger partial charge in [0.15, 0.2) is 0 Å². The fraction of sp³-hybridized carbons (Fsp3) is 0.625. The van der Waals surface area contributed by atoms with Crippen LogP contribution in [0.1, 0.15) is 36.5 Å². The zero-order valence-electron chi connectivity index (χ0n) is 12.1. The van der Waals surface area contributed by atoms with E-state index in [1.807, 2.05) is 6.92 Å². The van der Waals surface area contributed by atoms with E-state index in [9.17, 15) is 4.79 Å². The molecule has 3 saturated carbocycles. The molecular formula is C16H20ClN3O. The quantitative estimate of drug-likeness (QED) is 0.841. The van der Waals surface area contributed by atoms with E-state index in [-0.39, 0.29) is 5.91 Å². The summed E-state index contributed by atoms with van der Waals surface area (Å²) in [6.45, 7) is 2.74. The van der Waals surface area contributed by atoms with Crippen molar-refractivity contribution in [2.45, 2.75) is 32.2 Å². The predicted octanol–water partition coefficient (Wildman–Crippen LogP) is 2.94. The first-order valence-corrected chi connectivity index (χ1v) is 8.27. The molecule has 21 heavy (non-hydrogen) atoms. The number of nitrogens with one attached hydrogen (secondary N) is 2. The molecule has 0 spiro atoms. The monoisotopic (exact) mass is 305 g/mol. The highest BCUT2D eigenvalue weighted by Gasteiger charge is 2.65. The average molecular weight is 306 g/mol. The van der Waals surface area contributed by atoms with Crippen LogP contribution in [0.25, 0.3) is 0 Å². The fourth-order valence-corrected chi connectivity index (χ4v) is 4.86. The van der Waals surface area contributed by atoms with Gasteiger partial charge in [0.25, 0.3) is 5.91 Å². The Morgan fingerprint density at radius 2 is 2.05 bits per heavy atom. The molecule has 112 valence electrons. The van der Waals surface area contributed by atoms with Crippen LogP contribution in [0, 0.1) is 23.7 Å². The zero-order valence-corrected chi connectivity index (χ0v) is 12.9. The second kappa shape index (κ2) is 4.87. The molecule has 2 bridgehead atoms. The van der Waals surface area contributed by atoms with Crippen molar-refractivity contribution in [2.24, 2.45) is 23.7 Å². The molecule has 0 aliphatic heterocycles. The minimum atomic E-state index is -0.0164. The SMILES string of the molecule is CCNc1cc(C(=O)NC2C3C4CCC(C4)C23)cc(Cl)n1. The number of amides is 1. The van der Waals surface area contributed by atoms with Crippen LogP contribution in [-0.2, 0) is 0 Å². The van der Waals surface area contributed by atoms with Crippen molar-refractivity contribution in [1.82, 2.24) is 10.3 Å². The van der Waals surface area contributed by atoms with Crippen LogP contribution in [0.5, 0.6) is 0 Å². The van der Waals surface area contributed by atoms with Gasteiger partial charge in [-0.05, 0) is 62.0 Å². The number of hydrogen-bond donors (Lipinski definition) is 2. The van der Waals surface area contributed by atoms with Gasteiger partial charge in [-0.15, -0.1) is 0 Å². The predicted molar refractivity (Wildman–Crippen MR) is 82.5 cm³/mol. The lowest BCUT2D eigenvalue weighted by molar-refractivity contribution is 0.0944. The maximum atomic E-state index is 12.4. The Morgan fingerprint density at radius 3 is 2.71 bits per heavy atom. The maximum Gasteiger partial charge on any atom is 0.251 e. The number of nitrogens with zero attached hydrogens (tertiary/aromatic N) is 1. The number of rotatable bonds is 4. The van der Waals surface area contributed by atoms with Gasteiger partial charge in [-0.25, -0.2) is 4.98 Å². The summed E-state index contributed by atoms with van der Waals surface area (Å²) in [7, 11) is 0. The molecule has 4 rings (SSSR count). The Kier molecular flexibility index (Phi) is 3.10. The van der Waals surface area contributed by atoms with E-state index in [1.54, 1.807) is 12.1 Å². The van der Waals surface area contributed by atoms with E-state index in [1.165, 1.54) is 19.3 Å². The van der Waals surface area contributed by atoms with Crippen molar-refractivity contribution in [1.29, 1.82) is 0 Å². The van der Waals surface area contributed by atoms with Crippen LogP contribution in [-0.4, -0.2) is 23.5 Å². The Morgan fingerprint density at radius 1 is 1.33 bits per heavy atom. The molecule has 2 N–H and O–H groups in total. The van der Waals surface area contributed by atoms with E-state index in [0.717, 1.165) is 30.2 Å². The van der Waals surface area contributed by atoms with Crippen molar-refractivity contribution in [3.63, 3.8) is 0 Å². The van der Waals surface area contributed by atoms with Crippen molar-refractivity contribution >= 4 is 23.3 Å². The summed E-state index contributed by atoms with van der Waals surface area (Å²) >= 11 is 6.00. The lowest BCUT2D eigenvalue weighted by Gasteiger charge is -2.11. The molecule has 3 aliphatic carbocycles.